The van der Waals surface area contributed by atoms with E-state index in [2.05, 4.69) is 44.0 Å². The van der Waals surface area contributed by atoms with Crippen molar-refractivity contribution in [2.75, 3.05) is 23.9 Å². The van der Waals surface area contributed by atoms with Crippen molar-refractivity contribution in [1.82, 2.24) is 15.0 Å². The SMILES string of the molecule is CNc1nc(Nc2cccc(SC)c2)cc(-c2ccncc2)n1. The van der Waals surface area contributed by atoms with Gasteiger partial charge in [-0.25, -0.2) is 4.98 Å². The van der Waals surface area contributed by atoms with Crippen LogP contribution in [0.25, 0.3) is 11.3 Å². The summed E-state index contributed by atoms with van der Waals surface area (Å²) in [7, 11) is 1.81. The standard InChI is InChI=1S/C17H17N5S/c1-18-17-21-15(12-6-8-19-9-7-12)11-16(22-17)20-13-4-3-5-14(10-13)23-2/h3-11H,1-2H3,(H2,18,20,21,22). The summed E-state index contributed by atoms with van der Waals surface area (Å²) in [5, 5.41) is 6.35. The zero-order valence-electron chi connectivity index (χ0n) is 12.9. The zero-order chi connectivity index (χ0) is 16.1. The number of hydrogen-bond donors (Lipinski definition) is 2. The van der Waals surface area contributed by atoms with E-state index in [1.165, 1.54) is 4.90 Å². The molecule has 3 aromatic rings. The molecule has 2 aromatic heterocycles. The molecule has 0 aliphatic heterocycles. The van der Waals surface area contributed by atoms with Gasteiger partial charge in [0.05, 0.1) is 5.69 Å². The molecule has 23 heavy (non-hydrogen) atoms. The summed E-state index contributed by atoms with van der Waals surface area (Å²) in [4.78, 5) is 14.2. The molecular weight excluding hydrogens is 306 g/mol. The van der Waals surface area contributed by atoms with Crippen molar-refractivity contribution in [2.24, 2.45) is 0 Å². The van der Waals surface area contributed by atoms with Gasteiger partial charge in [-0.3, -0.25) is 4.98 Å². The second-order valence-electron chi connectivity index (χ2n) is 4.80. The van der Waals surface area contributed by atoms with E-state index in [1.54, 1.807) is 24.2 Å². The average Bonchev–Trinajstić information content (AvgIpc) is 2.62. The van der Waals surface area contributed by atoms with Crippen LogP contribution in [0.2, 0.25) is 0 Å². The number of nitrogens with one attached hydrogen (secondary N) is 2. The third-order valence-electron chi connectivity index (χ3n) is 3.27. The van der Waals surface area contributed by atoms with Gasteiger partial charge in [0.2, 0.25) is 5.95 Å². The molecule has 0 aliphatic rings. The molecule has 0 bridgehead atoms. The molecule has 6 heteroatoms. The van der Waals surface area contributed by atoms with Crippen LogP contribution in [-0.2, 0) is 0 Å². The van der Waals surface area contributed by atoms with Gasteiger partial charge < -0.3 is 10.6 Å². The van der Waals surface area contributed by atoms with Gasteiger partial charge >= 0.3 is 0 Å². The predicted molar refractivity (Wildman–Crippen MR) is 96.3 cm³/mol. The fraction of sp³-hybridized carbons (Fsp3) is 0.118. The van der Waals surface area contributed by atoms with Crippen LogP contribution < -0.4 is 10.6 Å². The highest BCUT2D eigenvalue weighted by molar-refractivity contribution is 7.98. The summed E-state index contributed by atoms with van der Waals surface area (Å²) in [6.07, 6.45) is 5.57. The number of rotatable bonds is 5. The summed E-state index contributed by atoms with van der Waals surface area (Å²) in [5.74, 6) is 1.32. The van der Waals surface area contributed by atoms with E-state index in [1.807, 2.05) is 37.4 Å². The Morgan fingerprint density at radius 2 is 1.83 bits per heavy atom. The first-order chi connectivity index (χ1) is 11.3. The molecule has 0 unspecified atom stereocenters. The Labute approximate surface area is 139 Å². The van der Waals surface area contributed by atoms with Crippen LogP contribution in [0.15, 0.2) is 59.8 Å². The molecule has 0 amide bonds. The fourth-order valence-electron chi connectivity index (χ4n) is 2.14. The molecule has 2 heterocycles. The van der Waals surface area contributed by atoms with Crippen LogP contribution >= 0.6 is 11.8 Å². The van der Waals surface area contributed by atoms with Crippen molar-refractivity contribution in [1.29, 1.82) is 0 Å². The Hall–Kier alpha value is -2.60. The zero-order valence-corrected chi connectivity index (χ0v) is 13.8. The maximum absolute atomic E-state index is 4.50. The van der Waals surface area contributed by atoms with Crippen molar-refractivity contribution in [3.63, 3.8) is 0 Å². The lowest BCUT2D eigenvalue weighted by Gasteiger charge is -2.10. The Morgan fingerprint density at radius 1 is 1.00 bits per heavy atom. The molecule has 0 atom stereocenters. The molecule has 0 radical (unpaired) electrons. The van der Waals surface area contributed by atoms with Gasteiger partial charge in [0, 0.05) is 41.7 Å². The van der Waals surface area contributed by atoms with Crippen molar-refractivity contribution < 1.29 is 0 Å². The highest BCUT2D eigenvalue weighted by Crippen LogP contribution is 2.25. The predicted octanol–water partition coefficient (Wildman–Crippen LogP) is 4.05. The number of nitrogens with zero attached hydrogens (tertiary/aromatic N) is 3. The molecule has 0 spiro atoms. The van der Waals surface area contributed by atoms with E-state index in [0.29, 0.717) is 5.95 Å². The van der Waals surface area contributed by atoms with Gasteiger partial charge in [-0.2, -0.15) is 4.98 Å². The first-order valence-corrected chi connectivity index (χ1v) is 8.39. The van der Waals surface area contributed by atoms with Gasteiger partial charge in [-0.1, -0.05) is 6.07 Å². The molecule has 116 valence electrons. The molecule has 0 saturated heterocycles. The largest absolute Gasteiger partial charge is 0.357 e. The maximum Gasteiger partial charge on any atom is 0.224 e. The first-order valence-electron chi connectivity index (χ1n) is 7.17. The number of anilines is 3. The van der Waals surface area contributed by atoms with E-state index >= 15 is 0 Å². The van der Waals surface area contributed by atoms with Gasteiger partial charge in [0.25, 0.3) is 0 Å². The summed E-state index contributed by atoms with van der Waals surface area (Å²) >= 11 is 1.71. The normalized spacial score (nSPS) is 10.3. The lowest BCUT2D eigenvalue weighted by molar-refractivity contribution is 1.15. The number of aromatic nitrogens is 3. The van der Waals surface area contributed by atoms with Gasteiger partial charge in [0.1, 0.15) is 5.82 Å². The van der Waals surface area contributed by atoms with Crippen molar-refractivity contribution in [3.05, 3.63) is 54.9 Å². The average molecular weight is 323 g/mol. The second-order valence-corrected chi connectivity index (χ2v) is 5.68. The third-order valence-corrected chi connectivity index (χ3v) is 3.99. The smallest absolute Gasteiger partial charge is 0.224 e. The van der Waals surface area contributed by atoms with Crippen LogP contribution in [-0.4, -0.2) is 28.3 Å². The first kappa shape index (κ1) is 15.3. The topological polar surface area (TPSA) is 62.7 Å². The highest BCUT2D eigenvalue weighted by Gasteiger charge is 2.06. The number of hydrogen-bond acceptors (Lipinski definition) is 6. The molecule has 0 saturated carbocycles. The molecule has 2 N–H and O–H groups in total. The summed E-state index contributed by atoms with van der Waals surface area (Å²) in [5.41, 5.74) is 2.84. The molecule has 5 nitrogen and oxygen atoms in total. The molecular formula is C17H17N5S. The van der Waals surface area contributed by atoms with E-state index in [0.717, 1.165) is 22.8 Å². The third kappa shape index (κ3) is 3.78. The quantitative estimate of drug-likeness (QED) is 0.691. The number of benzene rings is 1. The van der Waals surface area contributed by atoms with Crippen LogP contribution in [0.4, 0.5) is 17.5 Å². The Morgan fingerprint density at radius 3 is 2.57 bits per heavy atom. The lowest BCUT2D eigenvalue weighted by Crippen LogP contribution is -2.02. The molecule has 0 aliphatic carbocycles. The summed E-state index contributed by atoms with van der Waals surface area (Å²) in [6.45, 7) is 0. The monoisotopic (exact) mass is 323 g/mol. The summed E-state index contributed by atoms with van der Waals surface area (Å²) in [6, 6.07) is 14.0. The minimum absolute atomic E-state index is 0.572. The minimum Gasteiger partial charge on any atom is -0.357 e. The van der Waals surface area contributed by atoms with Crippen molar-refractivity contribution in [3.8, 4) is 11.3 Å². The van der Waals surface area contributed by atoms with Crippen LogP contribution in [0.1, 0.15) is 0 Å². The molecule has 0 fully saturated rings. The minimum atomic E-state index is 0.572. The Balaban J connectivity index is 1.95. The Kier molecular flexibility index (Phi) is 4.73. The van der Waals surface area contributed by atoms with Crippen molar-refractivity contribution >= 4 is 29.2 Å². The summed E-state index contributed by atoms with van der Waals surface area (Å²) < 4.78 is 0. The maximum atomic E-state index is 4.50. The fourth-order valence-corrected chi connectivity index (χ4v) is 2.60. The van der Waals surface area contributed by atoms with Gasteiger partial charge in [0.15, 0.2) is 0 Å². The number of pyridine rings is 1. The number of thioether (sulfide) groups is 1. The molecule has 3 rings (SSSR count). The second kappa shape index (κ2) is 7.11. The van der Waals surface area contributed by atoms with Crippen LogP contribution in [0.3, 0.4) is 0 Å². The highest BCUT2D eigenvalue weighted by atomic mass is 32.2. The van der Waals surface area contributed by atoms with E-state index in [-0.39, 0.29) is 0 Å². The Bertz CT molecular complexity index is 792. The van der Waals surface area contributed by atoms with Crippen molar-refractivity contribution in [2.45, 2.75) is 4.90 Å². The van der Waals surface area contributed by atoms with E-state index < -0.39 is 0 Å². The lowest BCUT2D eigenvalue weighted by atomic mass is 10.2. The van der Waals surface area contributed by atoms with Crippen LogP contribution in [0.5, 0.6) is 0 Å². The van der Waals surface area contributed by atoms with Crippen LogP contribution in [0, 0.1) is 0 Å². The molecule has 1 aromatic carbocycles. The van der Waals surface area contributed by atoms with E-state index in [4.69, 9.17) is 0 Å². The van der Waals surface area contributed by atoms with Gasteiger partial charge in [-0.15, -0.1) is 11.8 Å². The van der Waals surface area contributed by atoms with Gasteiger partial charge in [-0.05, 0) is 36.6 Å². The van der Waals surface area contributed by atoms with E-state index in [9.17, 15) is 0 Å².